The zero-order valence-electron chi connectivity index (χ0n) is 22.1. The summed E-state index contributed by atoms with van der Waals surface area (Å²) in [4.78, 5) is 40.0. The largest absolute Gasteiger partial charge is 0.465 e. The van der Waals surface area contributed by atoms with E-state index in [0.29, 0.717) is 61.2 Å². The summed E-state index contributed by atoms with van der Waals surface area (Å²) in [5.41, 5.74) is 3.71. The molecule has 1 saturated heterocycles. The number of rotatable bonds is 9. The van der Waals surface area contributed by atoms with Gasteiger partial charge in [-0.3, -0.25) is 9.69 Å². The van der Waals surface area contributed by atoms with Crippen molar-refractivity contribution in [2.75, 3.05) is 45.2 Å². The molecule has 2 amide bonds. The highest BCUT2D eigenvalue weighted by atomic mass is 35.5. The number of ether oxygens (including phenoxy) is 2. The first-order chi connectivity index (χ1) is 18.8. The lowest BCUT2D eigenvalue weighted by Gasteiger charge is -2.36. The Morgan fingerprint density at radius 2 is 1.49 bits per heavy atom. The van der Waals surface area contributed by atoms with Crippen molar-refractivity contribution < 1.29 is 23.9 Å². The topological polar surface area (TPSA) is 88.2 Å². The summed E-state index contributed by atoms with van der Waals surface area (Å²) in [6.45, 7) is 5.12. The summed E-state index contributed by atoms with van der Waals surface area (Å²) in [6.07, 6.45) is -0.206. The van der Waals surface area contributed by atoms with Crippen molar-refractivity contribution >= 4 is 35.1 Å². The molecule has 4 rings (SSSR count). The first kappa shape index (κ1) is 28.3. The Bertz CT molecular complexity index is 1270. The molecule has 3 aromatic carbocycles. The van der Waals surface area contributed by atoms with E-state index >= 15 is 0 Å². The van der Waals surface area contributed by atoms with E-state index in [1.807, 2.05) is 36.4 Å². The SMILES string of the molecule is COC(=O)c1ccc(CO[C@@H](CN2CCN(C(=O)Nc3ccc(C(C)=O)cc3)CC2)c2ccc(Cl)cc2)cc1. The van der Waals surface area contributed by atoms with E-state index < -0.39 is 0 Å². The number of esters is 1. The Balaban J connectivity index is 1.33. The molecule has 1 heterocycles. The molecule has 1 N–H and O–H groups in total. The molecule has 1 aliphatic heterocycles. The fraction of sp³-hybridized carbons (Fsp3) is 0.300. The number of amides is 2. The summed E-state index contributed by atoms with van der Waals surface area (Å²) in [5, 5.41) is 3.57. The molecule has 0 radical (unpaired) electrons. The third kappa shape index (κ3) is 7.89. The van der Waals surface area contributed by atoms with Crippen molar-refractivity contribution in [3.63, 3.8) is 0 Å². The van der Waals surface area contributed by atoms with Crippen LogP contribution in [-0.2, 0) is 16.1 Å². The summed E-state index contributed by atoms with van der Waals surface area (Å²) >= 11 is 6.11. The van der Waals surface area contributed by atoms with Crippen LogP contribution in [-0.4, -0.2) is 67.4 Å². The molecule has 3 aromatic rings. The standard InChI is InChI=1S/C30H32ClN3O5/c1-21(35)23-9-13-27(14-10-23)32-30(37)34-17-15-33(16-18-34)19-28(24-7-11-26(31)12-8-24)39-20-22-3-5-25(6-4-22)29(36)38-2/h3-14,28H,15-20H2,1-2H3,(H,32,37)/t28-/m0/s1. The normalized spacial score (nSPS) is 14.5. The van der Waals surface area contributed by atoms with Gasteiger partial charge in [-0.25, -0.2) is 9.59 Å². The van der Waals surface area contributed by atoms with Crippen molar-refractivity contribution in [2.45, 2.75) is 19.6 Å². The van der Waals surface area contributed by atoms with Gasteiger partial charge < -0.3 is 19.7 Å². The summed E-state index contributed by atoms with van der Waals surface area (Å²) in [6, 6.07) is 21.5. The van der Waals surface area contributed by atoms with Crippen LogP contribution in [0.3, 0.4) is 0 Å². The Kier molecular flexibility index (Phi) is 9.70. The number of ketones is 1. The minimum Gasteiger partial charge on any atom is -0.465 e. The number of benzene rings is 3. The van der Waals surface area contributed by atoms with E-state index in [1.54, 1.807) is 41.3 Å². The summed E-state index contributed by atoms with van der Waals surface area (Å²) < 4.78 is 11.1. The van der Waals surface area contributed by atoms with Crippen LogP contribution in [0.5, 0.6) is 0 Å². The maximum atomic E-state index is 12.8. The van der Waals surface area contributed by atoms with E-state index in [2.05, 4.69) is 10.2 Å². The van der Waals surface area contributed by atoms with Gasteiger partial charge in [0, 0.05) is 49.0 Å². The quantitative estimate of drug-likeness (QED) is 0.282. The molecule has 0 aliphatic carbocycles. The molecule has 8 nitrogen and oxygen atoms in total. The molecule has 0 saturated carbocycles. The molecule has 39 heavy (non-hydrogen) atoms. The van der Waals surface area contributed by atoms with E-state index in [1.165, 1.54) is 14.0 Å². The van der Waals surface area contributed by atoms with Crippen LogP contribution in [0, 0.1) is 0 Å². The number of methoxy groups -OCH3 is 1. The number of hydrogen-bond donors (Lipinski definition) is 1. The van der Waals surface area contributed by atoms with Gasteiger partial charge in [0.15, 0.2) is 5.78 Å². The lowest BCUT2D eigenvalue weighted by molar-refractivity contribution is 0.00592. The molecular formula is C30H32ClN3O5. The number of nitrogens with one attached hydrogen (secondary N) is 1. The van der Waals surface area contributed by atoms with Gasteiger partial charge in [0.05, 0.1) is 25.4 Å². The number of carbonyl (C=O) groups excluding carboxylic acids is 3. The average molecular weight is 550 g/mol. The molecule has 0 aromatic heterocycles. The van der Waals surface area contributed by atoms with Gasteiger partial charge in [-0.1, -0.05) is 35.9 Å². The number of nitrogens with zero attached hydrogens (tertiary/aromatic N) is 2. The van der Waals surface area contributed by atoms with Gasteiger partial charge in [0.1, 0.15) is 0 Å². The summed E-state index contributed by atoms with van der Waals surface area (Å²) in [7, 11) is 1.36. The van der Waals surface area contributed by atoms with Crippen LogP contribution in [0.15, 0.2) is 72.8 Å². The second kappa shape index (κ2) is 13.4. The predicted octanol–water partition coefficient (Wildman–Crippen LogP) is 5.44. The van der Waals surface area contributed by atoms with Gasteiger partial charge in [0.2, 0.25) is 0 Å². The zero-order chi connectivity index (χ0) is 27.8. The Hall–Kier alpha value is -3.72. The molecule has 9 heteroatoms. The molecule has 0 spiro atoms. The number of Topliss-reactive ketones (excluding diaryl/α,β-unsaturated/α-hetero) is 1. The minimum absolute atomic E-state index is 0.0126. The van der Waals surface area contributed by atoms with Crippen LogP contribution in [0.25, 0.3) is 0 Å². The highest BCUT2D eigenvalue weighted by Crippen LogP contribution is 2.24. The first-order valence-electron chi connectivity index (χ1n) is 12.8. The third-order valence-electron chi connectivity index (χ3n) is 6.69. The van der Waals surface area contributed by atoms with E-state index in [4.69, 9.17) is 21.1 Å². The highest BCUT2D eigenvalue weighted by Gasteiger charge is 2.24. The maximum absolute atomic E-state index is 12.8. The minimum atomic E-state index is -0.375. The van der Waals surface area contributed by atoms with Gasteiger partial charge in [-0.2, -0.15) is 0 Å². The smallest absolute Gasteiger partial charge is 0.337 e. The van der Waals surface area contributed by atoms with Crippen molar-refractivity contribution in [1.29, 1.82) is 0 Å². The summed E-state index contributed by atoms with van der Waals surface area (Å²) in [5.74, 6) is -0.387. The molecule has 1 aliphatic rings. The number of urea groups is 1. The third-order valence-corrected chi connectivity index (χ3v) is 6.95. The monoisotopic (exact) mass is 549 g/mol. The lowest BCUT2D eigenvalue weighted by atomic mass is 10.1. The van der Waals surface area contributed by atoms with E-state index in [9.17, 15) is 14.4 Å². The highest BCUT2D eigenvalue weighted by molar-refractivity contribution is 6.30. The van der Waals surface area contributed by atoms with Gasteiger partial charge in [-0.15, -0.1) is 0 Å². The maximum Gasteiger partial charge on any atom is 0.337 e. The molecule has 0 bridgehead atoms. The molecule has 1 fully saturated rings. The number of anilines is 1. The average Bonchev–Trinajstić information content (AvgIpc) is 2.96. The fourth-order valence-corrected chi connectivity index (χ4v) is 4.47. The van der Waals surface area contributed by atoms with E-state index in [0.717, 1.165) is 11.1 Å². The number of halogens is 1. The molecule has 204 valence electrons. The van der Waals surface area contributed by atoms with Crippen LogP contribution in [0.1, 0.15) is 44.9 Å². The lowest BCUT2D eigenvalue weighted by Crippen LogP contribution is -2.50. The van der Waals surface area contributed by atoms with Gasteiger partial charge >= 0.3 is 12.0 Å². The van der Waals surface area contributed by atoms with Crippen molar-refractivity contribution in [2.24, 2.45) is 0 Å². The number of carbonyl (C=O) groups is 3. The van der Waals surface area contributed by atoms with Crippen molar-refractivity contribution in [3.8, 4) is 0 Å². The molecular weight excluding hydrogens is 518 g/mol. The number of hydrogen-bond acceptors (Lipinski definition) is 6. The van der Waals surface area contributed by atoms with Crippen LogP contribution < -0.4 is 5.32 Å². The number of piperazine rings is 1. The van der Waals surface area contributed by atoms with Gasteiger partial charge in [0.25, 0.3) is 0 Å². The Morgan fingerprint density at radius 1 is 0.872 bits per heavy atom. The van der Waals surface area contributed by atoms with Crippen molar-refractivity contribution in [3.05, 3.63) is 100 Å². The van der Waals surface area contributed by atoms with Crippen LogP contribution >= 0.6 is 11.6 Å². The van der Waals surface area contributed by atoms with E-state index in [-0.39, 0.29) is 23.9 Å². The first-order valence-corrected chi connectivity index (χ1v) is 13.1. The second-order valence-corrected chi connectivity index (χ2v) is 9.83. The van der Waals surface area contributed by atoms with Crippen LogP contribution in [0.2, 0.25) is 5.02 Å². The fourth-order valence-electron chi connectivity index (χ4n) is 4.34. The second-order valence-electron chi connectivity index (χ2n) is 9.39. The van der Waals surface area contributed by atoms with Crippen molar-refractivity contribution in [1.82, 2.24) is 9.80 Å². The predicted molar refractivity (Wildman–Crippen MR) is 150 cm³/mol. The zero-order valence-corrected chi connectivity index (χ0v) is 22.8. The Labute approximate surface area is 233 Å². The van der Waals surface area contributed by atoms with Crippen LogP contribution in [0.4, 0.5) is 10.5 Å². The van der Waals surface area contributed by atoms with Gasteiger partial charge in [-0.05, 0) is 66.6 Å². The molecule has 0 unspecified atom stereocenters. The Morgan fingerprint density at radius 3 is 2.08 bits per heavy atom. The molecule has 1 atom stereocenters.